The molecule has 1 fully saturated rings. The predicted octanol–water partition coefficient (Wildman–Crippen LogP) is 4.69. The second kappa shape index (κ2) is 11.1. The number of methoxy groups -OCH3 is 1. The van der Waals surface area contributed by atoms with E-state index in [9.17, 15) is 18.7 Å². The van der Waals surface area contributed by atoms with Gasteiger partial charge < -0.3 is 25.5 Å². The highest BCUT2D eigenvalue weighted by Crippen LogP contribution is 2.36. The molecule has 3 heterocycles. The van der Waals surface area contributed by atoms with Crippen LogP contribution >= 0.6 is 0 Å². The third kappa shape index (κ3) is 5.34. The number of pyridine rings is 1. The summed E-state index contributed by atoms with van der Waals surface area (Å²) in [6.45, 7) is 4.50. The number of nitrogens with one attached hydrogen (secondary N) is 3. The molecule has 1 aliphatic heterocycles. The molecule has 0 aliphatic carbocycles. The van der Waals surface area contributed by atoms with Crippen molar-refractivity contribution >= 4 is 27.5 Å². The molecular formula is C27H31F2N5O3. The van der Waals surface area contributed by atoms with Crippen LogP contribution in [0.25, 0.3) is 32.9 Å². The van der Waals surface area contributed by atoms with Gasteiger partial charge in [-0.3, -0.25) is 4.79 Å². The zero-order valence-corrected chi connectivity index (χ0v) is 21.3. The summed E-state index contributed by atoms with van der Waals surface area (Å²) in [7, 11) is 3.08. The van der Waals surface area contributed by atoms with E-state index in [-0.39, 0.29) is 23.0 Å². The fraction of sp³-hybridized carbons (Fsp3) is 0.370. The number of H-pyrrole nitrogens is 1. The Balaban J connectivity index is 0.000000342. The second-order valence-corrected chi connectivity index (χ2v) is 8.90. The van der Waals surface area contributed by atoms with Crippen LogP contribution in [-0.2, 0) is 6.42 Å². The SMILES string of the molecule is CCC1CC(F)CN1.CCc1c(F)ccc2cc(O)cc(-c3cc4nc(OC)nc(NC)c4c(=O)[nH]3)c12. The number of benzene rings is 2. The van der Waals surface area contributed by atoms with Crippen LogP contribution in [0.4, 0.5) is 14.6 Å². The first-order valence-electron chi connectivity index (χ1n) is 12.3. The van der Waals surface area contributed by atoms with Gasteiger partial charge in [-0.05, 0) is 59.9 Å². The van der Waals surface area contributed by atoms with Crippen LogP contribution in [0.2, 0.25) is 0 Å². The van der Waals surface area contributed by atoms with Gasteiger partial charge in [-0.1, -0.05) is 19.9 Å². The summed E-state index contributed by atoms with van der Waals surface area (Å²) in [6.07, 6.45) is 1.65. The van der Waals surface area contributed by atoms with E-state index in [1.54, 1.807) is 25.2 Å². The Morgan fingerprint density at radius 1 is 1.19 bits per heavy atom. The molecule has 0 bridgehead atoms. The van der Waals surface area contributed by atoms with Gasteiger partial charge in [0.1, 0.15) is 28.9 Å². The number of phenols is 1. The summed E-state index contributed by atoms with van der Waals surface area (Å²) in [5.74, 6) is 0.00976. The first kappa shape index (κ1) is 26.3. The zero-order valence-electron chi connectivity index (χ0n) is 21.3. The average Bonchev–Trinajstić information content (AvgIpc) is 3.33. The molecule has 37 heavy (non-hydrogen) atoms. The minimum Gasteiger partial charge on any atom is -0.508 e. The molecule has 2 aromatic heterocycles. The highest BCUT2D eigenvalue weighted by molar-refractivity contribution is 6.01. The van der Waals surface area contributed by atoms with E-state index in [2.05, 4.69) is 32.5 Å². The first-order chi connectivity index (χ1) is 17.8. The van der Waals surface area contributed by atoms with Gasteiger partial charge in [0.15, 0.2) is 0 Å². The number of halogens is 2. The van der Waals surface area contributed by atoms with Crippen molar-refractivity contribution in [1.82, 2.24) is 20.3 Å². The minimum absolute atomic E-state index is 0.0123. The number of fused-ring (bicyclic) bond motifs is 2. The van der Waals surface area contributed by atoms with E-state index >= 15 is 0 Å². The predicted molar refractivity (Wildman–Crippen MR) is 142 cm³/mol. The third-order valence-corrected chi connectivity index (χ3v) is 6.55. The van der Waals surface area contributed by atoms with E-state index < -0.39 is 11.7 Å². The van der Waals surface area contributed by atoms with Crippen LogP contribution in [0.3, 0.4) is 0 Å². The summed E-state index contributed by atoms with van der Waals surface area (Å²) < 4.78 is 31.9. The maximum atomic E-state index is 14.5. The molecule has 4 aromatic rings. The van der Waals surface area contributed by atoms with E-state index in [4.69, 9.17) is 4.74 Å². The summed E-state index contributed by atoms with van der Waals surface area (Å²) in [6, 6.07) is 8.29. The van der Waals surface area contributed by atoms with Gasteiger partial charge >= 0.3 is 6.01 Å². The number of hydrogen-bond donors (Lipinski definition) is 4. The number of anilines is 1. The molecule has 1 saturated heterocycles. The van der Waals surface area contributed by atoms with Crippen LogP contribution < -0.4 is 20.9 Å². The largest absolute Gasteiger partial charge is 0.508 e. The minimum atomic E-state index is -0.583. The van der Waals surface area contributed by atoms with Crippen molar-refractivity contribution in [3.63, 3.8) is 0 Å². The Labute approximate surface area is 213 Å². The topological polar surface area (TPSA) is 112 Å². The second-order valence-electron chi connectivity index (χ2n) is 8.90. The van der Waals surface area contributed by atoms with E-state index in [1.807, 2.05) is 6.92 Å². The molecule has 5 rings (SSSR count). The molecule has 0 amide bonds. The zero-order chi connectivity index (χ0) is 26.7. The van der Waals surface area contributed by atoms with Crippen molar-refractivity contribution in [3.8, 4) is 23.0 Å². The molecule has 0 saturated carbocycles. The lowest BCUT2D eigenvalue weighted by molar-refractivity contribution is 0.354. The van der Waals surface area contributed by atoms with Crippen LogP contribution in [-0.4, -0.2) is 53.0 Å². The number of rotatable bonds is 5. The fourth-order valence-electron chi connectivity index (χ4n) is 4.70. The molecule has 8 nitrogen and oxygen atoms in total. The van der Waals surface area contributed by atoms with Crippen molar-refractivity contribution in [2.24, 2.45) is 0 Å². The monoisotopic (exact) mass is 511 g/mol. The number of hydrogen-bond acceptors (Lipinski definition) is 7. The molecule has 2 unspecified atom stereocenters. The Morgan fingerprint density at radius 2 is 1.97 bits per heavy atom. The van der Waals surface area contributed by atoms with Gasteiger partial charge in [-0.15, -0.1) is 0 Å². The van der Waals surface area contributed by atoms with Crippen molar-refractivity contribution in [2.75, 3.05) is 26.0 Å². The highest BCUT2D eigenvalue weighted by Gasteiger charge is 2.21. The molecule has 4 N–H and O–H groups in total. The molecule has 1 aliphatic rings. The van der Waals surface area contributed by atoms with Crippen LogP contribution in [0, 0.1) is 5.82 Å². The third-order valence-electron chi connectivity index (χ3n) is 6.55. The number of ether oxygens (including phenoxy) is 1. The maximum Gasteiger partial charge on any atom is 0.318 e. The fourth-order valence-corrected chi connectivity index (χ4v) is 4.70. The number of aromatic amines is 1. The normalized spacial score (nSPS) is 17.0. The lowest BCUT2D eigenvalue weighted by atomic mass is 9.94. The van der Waals surface area contributed by atoms with E-state index in [0.29, 0.717) is 57.9 Å². The number of nitrogens with zero attached hydrogens (tertiary/aromatic N) is 2. The molecule has 10 heteroatoms. The summed E-state index contributed by atoms with van der Waals surface area (Å²) >= 11 is 0. The van der Waals surface area contributed by atoms with Crippen molar-refractivity contribution in [3.05, 3.63) is 52.1 Å². The number of aromatic hydroxyl groups is 1. The number of phenolic OH excluding ortho intramolecular Hbond substituents is 1. The van der Waals surface area contributed by atoms with Crippen LogP contribution in [0.1, 0.15) is 32.3 Å². The lowest BCUT2D eigenvalue weighted by Gasteiger charge is -2.14. The number of aryl methyl sites for hydroxylation is 1. The summed E-state index contributed by atoms with van der Waals surface area (Å²) in [4.78, 5) is 24.1. The Kier molecular flexibility index (Phi) is 7.87. The Morgan fingerprint density at radius 3 is 2.57 bits per heavy atom. The van der Waals surface area contributed by atoms with Crippen molar-refractivity contribution in [2.45, 2.75) is 45.3 Å². The molecular weight excluding hydrogens is 480 g/mol. The Hall–Kier alpha value is -3.79. The van der Waals surface area contributed by atoms with Crippen LogP contribution in [0.5, 0.6) is 11.8 Å². The van der Waals surface area contributed by atoms with Crippen LogP contribution in [0.15, 0.2) is 35.1 Å². The quantitative estimate of drug-likeness (QED) is 0.308. The molecule has 0 spiro atoms. The lowest BCUT2D eigenvalue weighted by Crippen LogP contribution is -2.19. The van der Waals surface area contributed by atoms with Gasteiger partial charge in [-0.25, -0.2) is 8.78 Å². The number of alkyl halides is 1. The smallest absolute Gasteiger partial charge is 0.318 e. The van der Waals surface area contributed by atoms with Crippen molar-refractivity contribution < 1.29 is 18.6 Å². The number of aromatic nitrogens is 3. The van der Waals surface area contributed by atoms with Gasteiger partial charge in [-0.2, -0.15) is 9.97 Å². The maximum absolute atomic E-state index is 14.5. The van der Waals surface area contributed by atoms with Gasteiger partial charge in [0, 0.05) is 25.2 Å². The molecule has 2 atom stereocenters. The summed E-state index contributed by atoms with van der Waals surface area (Å²) in [5.41, 5.74) is 1.39. The van der Waals surface area contributed by atoms with Gasteiger partial charge in [0.25, 0.3) is 5.56 Å². The Bertz CT molecular complexity index is 1490. The first-order valence-corrected chi connectivity index (χ1v) is 12.3. The molecule has 0 radical (unpaired) electrons. The molecule has 2 aromatic carbocycles. The summed E-state index contributed by atoms with van der Waals surface area (Å²) in [5, 5.41) is 17.8. The van der Waals surface area contributed by atoms with Crippen molar-refractivity contribution in [1.29, 1.82) is 0 Å². The van der Waals surface area contributed by atoms with E-state index in [1.165, 1.54) is 19.2 Å². The highest BCUT2D eigenvalue weighted by atomic mass is 19.1. The van der Waals surface area contributed by atoms with Gasteiger partial charge in [0.2, 0.25) is 0 Å². The standard InChI is InChI=1S/C21H19FN4O3.C6H12FN/c1-4-12-14(22)6-5-10-7-11(27)8-13(17(10)12)15-9-16-18(20(28)24-15)19(23-2)26-21(25-16)29-3;1-2-6-3-5(7)4-8-6/h5-9,27H,4H2,1-3H3,(H,24,28)(H,23,25,26);5-6,8H,2-4H2,1H3. The van der Waals surface area contributed by atoms with E-state index in [0.717, 1.165) is 12.8 Å². The molecule has 196 valence electrons. The average molecular weight is 512 g/mol. The van der Waals surface area contributed by atoms with Gasteiger partial charge in [0.05, 0.1) is 18.3 Å².